The lowest BCUT2D eigenvalue weighted by Gasteiger charge is -2.49. The van der Waals surface area contributed by atoms with Gasteiger partial charge in [0.2, 0.25) is 41.4 Å². The molecule has 29 nitrogen and oxygen atoms in total. The minimum atomic E-state index is -1.72. The molecule has 29 heteroatoms. The molecule has 4 aliphatic rings. The SMILES string of the molecule is CCC1CN2CCc3cc(C)c(C)cc3C2CC1CC1c2cc(OC)c(OC)cc2CCN1C(=O)N(C)CCNC(=O)C(CCC(N)=O)NC(=O)[C@H](CC(C)C)NC(=O)[C@H](CCCCN)NC(=O)[C@H](CO)NC(=O)[C@H](CO)NC(=O)[C@H](Cc1c[nH]cn1)NC(=O)N1CCOCC1. The molecule has 14 N–H and O–H groups in total. The second-order valence-corrected chi connectivity index (χ2v) is 26.1. The number of imidazole rings is 1. The average molecular weight is 1340 g/mol. The van der Waals surface area contributed by atoms with Gasteiger partial charge < -0.3 is 92.8 Å². The molecule has 1 aromatic heterocycles. The summed E-state index contributed by atoms with van der Waals surface area (Å²) in [6.07, 6.45) is 7.35. The number of likely N-dealkylation sites (N-methyl/N-ethyl adjacent to an activating group) is 1. The van der Waals surface area contributed by atoms with Gasteiger partial charge in [-0.25, -0.2) is 14.6 Å². The molecule has 10 atom stereocenters. The number of hydrogen-bond donors (Lipinski definition) is 12. The molecule has 0 saturated carbocycles. The number of aromatic amines is 1. The van der Waals surface area contributed by atoms with E-state index in [1.807, 2.05) is 17.0 Å². The number of unbranched alkanes of at least 4 members (excludes halogenated alkanes) is 1. The number of nitrogens with two attached hydrogens (primary N) is 2. The van der Waals surface area contributed by atoms with Crippen LogP contribution >= 0.6 is 0 Å². The Balaban J connectivity index is 0.994. The van der Waals surface area contributed by atoms with Gasteiger partial charge in [-0.3, -0.25) is 38.5 Å². The number of H-pyrrole nitrogens is 1. The third-order valence-electron chi connectivity index (χ3n) is 19.0. The highest BCUT2D eigenvalue weighted by Gasteiger charge is 2.43. The molecule has 96 heavy (non-hydrogen) atoms. The highest BCUT2D eigenvalue weighted by atomic mass is 16.5. The summed E-state index contributed by atoms with van der Waals surface area (Å²) in [7, 11) is 4.89. The Kier molecular flexibility index (Phi) is 28.5. The van der Waals surface area contributed by atoms with Gasteiger partial charge in [0, 0.05) is 77.9 Å². The Morgan fingerprint density at radius 1 is 0.729 bits per heavy atom. The van der Waals surface area contributed by atoms with Crippen LogP contribution in [0.15, 0.2) is 36.8 Å². The van der Waals surface area contributed by atoms with E-state index >= 15 is 0 Å². The number of rotatable bonds is 33. The first-order chi connectivity index (χ1) is 46.0. The number of primary amides is 1. The smallest absolute Gasteiger partial charge is 0.320 e. The first-order valence-corrected chi connectivity index (χ1v) is 33.7. The molecule has 2 saturated heterocycles. The lowest BCUT2D eigenvalue weighted by Crippen LogP contribution is -2.61. The van der Waals surface area contributed by atoms with Crippen molar-refractivity contribution >= 4 is 53.4 Å². The highest BCUT2D eigenvalue weighted by Crippen LogP contribution is 2.48. The molecule has 0 bridgehead atoms. The predicted molar refractivity (Wildman–Crippen MR) is 356 cm³/mol. The third kappa shape index (κ3) is 20.2. The van der Waals surface area contributed by atoms with Crippen LogP contribution in [0.25, 0.3) is 0 Å². The first kappa shape index (κ1) is 75.3. The zero-order valence-electron chi connectivity index (χ0n) is 57.0. The number of ether oxygens (including phenoxy) is 3. The highest BCUT2D eigenvalue weighted by molar-refractivity contribution is 5.97. The summed E-state index contributed by atoms with van der Waals surface area (Å²) in [5.74, 6) is -4.35. The number of fused-ring (bicyclic) bond motifs is 4. The second kappa shape index (κ2) is 36.3. The fraction of sp³-hybridized carbons (Fsp3) is 0.642. The number of carbonyl (C=O) groups is 9. The van der Waals surface area contributed by atoms with Crippen LogP contribution in [-0.2, 0) is 57.6 Å². The van der Waals surface area contributed by atoms with Gasteiger partial charge in [-0.05, 0) is 141 Å². The van der Waals surface area contributed by atoms with E-state index < -0.39 is 96.8 Å². The van der Waals surface area contributed by atoms with Crippen LogP contribution in [0.5, 0.6) is 11.5 Å². The molecule has 2 aromatic carbocycles. The number of methoxy groups -OCH3 is 2. The minimum absolute atomic E-state index is 0.00977. The van der Waals surface area contributed by atoms with Crippen LogP contribution in [0.2, 0.25) is 0 Å². The van der Waals surface area contributed by atoms with Crippen molar-refractivity contribution in [2.24, 2.45) is 29.2 Å². The summed E-state index contributed by atoms with van der Waals surface area (Å²) < 4.78 is 16.9. The summed E-state index contributed by atoms with van der Waals surface area (Å²) in [5, 5.41) is 38.9. The molecule has 5 unspecified atom stereocenters. The number of aliphatic hydroxyl groups is 2. The number of nitrogens with one attached hydrogen (secondary N) is 8. The standard InChI is InChI=1S/C67H103N15O14/c1-9-42-35-81-19-15-43-27-40(4)41(5)28-47(43)55(81)29-45(42)30-56-48-33-58(95-8)57(94-7)31-44(48)16-20-82(56)67(93)79(6)21-18-71-60(86)50(13-14-59(69)85)74-62(88)51(26-39(2)3)75-61(87)49(12-10-11-17-68)73-64(90)53(36-83)77-65(91)54(37-84)76-63(89)52(32-46-34-70-38-72-46)78-66(92)80-22-24-96-25-23-80/h27-28,31,33-34,38-39,42,45,49-56,83-84H,9-26,29-30,32,35-37,68H2,1-8H3,(H2,69,85)(H,70,72)(H,71,86)(H,73,90)(H,74,88)(H,75,87)(H,76,89)(H,77,91)(H,78,92)/t42?,45?,49-,50?,51-,52-,53-,54-,55?,56?/m0/s1. The van der Waals surface area contributed by atoms with Crippen molar-refractivity contribution in [3.8, 4) is 11.5 Å². The largest absolute Gasteiger partial charge is 0.493 e. The molecular formula is C67H103N15O14. The Morgan fingerprint density at radius 3 is 1.94 bits per heavy atom. The van der Waals surface area contributed by atoms with Gasteiger partial charge >= 0.3 is 12.1 Å². The first-order valence-electron chi connectivity index (χ1n) is 33.7. The number of carbonyl (C=O) groups excluding carboxylic acids is 9. The number of nitrogens with zero attached hydrogens (tertiary/aromatic N) is 5. The quantitative estimate of drug-likeness (QED) is 0.0373. The molecule has 3 aromatic rings. The number of aromatic nitrogens is 2. The van der Waals surface area contributed by atoms with E-state index in [0.29, 0.717) is 62.1 Å². The minimum Gasteiger partial charge on any atom is -0.493 e. The van der Waals surface area contributed by atoms with Gasteiger partial charge in [-0.1, -0.05) is 39.3 Å². The maximum absolute atomic E-state index is 14.9. The molecule has 530 valence electrons. The molecule has 4 aliphatic heterocycles. The molecule has 7 rings (SSSR count). The zero-order chi connectivity index (χ0) is 69.8. The van der Waals surface area contributed by atoms with Gasteiger partial charge in [0.15, 0.2) is 11.5 Å². The van der Waals surface area contributed by atoms with E-state index in [1.54, 1.807) is 40.0 Å². The van der Waals surface area contributed by atoms with E-state index in [-0.39, 0.29) is 94.8 Å². The zero-order valence-corrected chi connectivity index (χ0v) is 57.0. The third-order valence-corrected chi connectivity index (χ3v) is 19.0. The number of hydrogen-bond acceptors (Lipinski definition) is 17. The predicted octanol–water partition coefficient (Wildman–Crippen LogP) is 0.649. The summed E-state index contributed by atoms with van der Waals surface area (Å²) in [5.41, 5.74) is 19.2. The number of amides is 11. The van der Waals surface area contributed by atoms with Gasteiger partial charge in [0.1, 0.15) is 36.3 Å². The number of aryl methyl sites for hydroxylation is 2. The van der Waals surface area contributed by atoms with Crippen molar-refractivity contribution in [2.75, 3.05) is 100 Å². The maximum Gasteiger partial charge on any atom is 0.320 e. The van der Waals surface area contributed by atoms with Crippen LogP contribution in [-0.4, -0.2) is 229 Å². The summed E-state index contributed by atoms with van der Waals surface area (Å²) in [4.78, 5) is 139. The average Bonchev–Trinajstić information content (AvgIpc) is 0.797. The van der Waals surface area contributed by atoms with Crippen molar-refractivity contribution in [1.29, 1.82) is 0 Å². The van der Waals surface area contributed by atoms with Crippen molar-refractivity contribution in [1.82, 2.24) is 66.8 Å². The van der Waals surface area contributed by atoms with E-state index in [0.717, 1.165) is 49.9 Å². The van der Waals surface area contributed by atoms with Crippen molar-refractivity contribution < 1.29 is 67.6 Å². The number of aliphatic hydroxyl groups excluding tert-OH is 2. The molecule has 2 fully saturated rings. The van der Waals surface area contributed by atoms with E-state index in [4.69, 9.17) is 25.7 Å². The number of urea groups is 2. The monoisotopic (exact) mass is 1340 g/mol. The summed E-state index contributed by atoms with van der Waals surface area (Å²) in [6.45, 7) is 12.1. The van der Waals surface area contributed by atoms with Gasteiger partial charge in [0.25, 0.3) is 0 Å². The number of morpholine rings is 1. The summed E-state index contributed by atoms with van der Waals surface area (Å²) >= 11 is 0. The van der Waals surface area contributed by atoms with Crippen LogP contribution in [0.3, 0.4) is 0 Å². The van der Waals surface area contributed by atoms with Crippen LogP contribution in [0.1, 0.15) is 130 Å². The number of piperidine rings is 1. The fourth-order valence-electron chi connectivity index (χ4n) is 13.4. The summed E-state index contributed by atoms with van der Waals surface area (Å²) in [6, 6.07) is -0.761. The Bertz CT molecular complexity index is 3150. The van der Waals surface area contributed by atoms with E-state index in [9.17, 15) is 53.4 Å². The van der Waals surface area contributed by atoms with Gasteiger partial charge in [-0.15, -0.1) is 0 Å². The molecule has 0 radical (unpaired) electrons. The van der Waals surface area contributed by atoms with Crippen LogP contribution in [0, 0.1) is 31.6 Å². The van der Waals surface area contributed by atoms with Gasteiger partial charge in [-0.2, -0.15) is 0 Å². The molecule has 11 amide bonds. The Labute approximate surface area is 562 Å². The van der Waals surface area contributed by atoms with Gasteiger partial charge in [0.05, 0.1) is 58.7 Å². The van der Waals surface area contributed by atoms with E-state index in [2.05, 4.69) is 85.0 Å². The lowest BCUT2D eigenvalue weighted by atomic mass is 9.72. The lowest BCUT2D eigenvalue weighted by molar-refractivity contribution is -0.136. The van der Waals surface area contributed by atoms with Crippen LogP contribution < -0.4 is 58.2 Å². The Hall–Kier alpha value is -8.12. The molecule has 0 spiro atoms. The molecule has 5 heterocycles. The molecule has 0 aliphatic carbocycles. The fourth-order valence-corrected chi connectivity index (χ4v) is 13.4. The number of benzene rings is 2. The van der Waals surface area contributed by atoms with Crippen LogP contribution in [0.4, 0.5) is 9.59 Å². The van der Waals surface area contributed by atoms with Crippen molar-refractivity contribution in [2.45, 2.75) is 160 Å². The Morgan fingerprint density at radius 2 is 1.32 bits per heavy atom. The second-order valence-electron chi connectivity index (χ2n) is 26.1. The van der Waals surface area contributed by atoms with Crippen molar-refractivity contribution in [3.63, 3.8) is 0 Å². The topological polar surface area (TPSA) is 400 Å². The molecular weight excluding hydrogens is 1240 g/mol. The maximum atomic E-state index is 14.9. The van der Waals surface area contributed by atoms with E-state index in [1.165, 1.54) is 39.7 Å². The normalized spacial score (nSPS) is 19.5. The van der Waals surface area contributed by atoms with Crippen molar-refractivity contribution in [3.05, 3.63) is 75.9 Å².